The first kappa shape index (κ1) is 19.8. The molecule has 1 aliphatic rings. The third-order valence-electron chi connectivity index (χ3n) is 4.87. The van der Waals surface area contributed by atoms with Crippen LogP contribution in [0, 0.1) is 13.8 Å². The maximum Gasteiger partial charge on any atom is 0.258 e. The molecule has 1 aromatic heterocycles. The number of nitrogens with zero attached hydrogens (tertiary/aromatic N) is 2. The van der Waals surface area contributed by atoms with Crippen molar-refractivity contribution in [3.63, 3.8) is 0 Å². The lowest BCUT2D eigenvalue weighted by atomic mass is 10.0. The number of para-hydroxylation sites is 1. The molecule has 0 bridgehead atoms. The van der Waals surface area contributed by atoms with E-state index >= 15 is 0 Å². The van der Waals surface area contributed by atoms with Crippen LogP contribution in [-0.2, 0) is 13.0 Å². The largest absolute Gasteiger partial charge is 0.441 e. The first-order valence-corrected chi connectivity index (χ1v) is 9.75. The normalized spacial score (nSPS) is 12.4. The Morgan fingerprint density at radius 1 is 1.18 bits per heavy atom. The Kier molecular flexibility index (Phi) is 5.95. The monoisotopic (exact) mass is 377 g/mol. The maximum absolute atomic E-state index is 13.3. The van der Waals surface area contributed by atoms with E-state index in [9.17, 15) is 4.79 Å². The number of hydrogen-bond acceptors (Lipinski definition) is 4. The molecule has 5 nitrogen and oxygen atoms in total. The third kappa shape index (κ3) is 3.58. The number of carbonyl (C=O) groups excluding carboxylic acids is 1. The van der Waals surface area contributed by atoms with Crippen LogP contribution >= 0.6 is 0 Å². The Morgan fingerprint density at radius 2 is 1.93 bits per heavy atom. The maximum atomic E-state index is 13.3. The van der Waals surface area contributed by atoms with Crippen molar-refractivity contribution in [3.8, 4) is 11.3 Å². The molecule has 3 aromatic rings. The predicted octanol–water partition coefficient (Wildman–Crippen LogP) is 4.65. The zero-order valence-electron chi connectivity index (χ0n) is 17.0. The number of aryl methyl sites for hydroxylation is 2. The highest BCUT2D eigenvalue weighted by molar-refractivity contribution is 6.08. The summed E-state index contributed by atoms with van der Waals surface area (Å²) in [4.78, 5) is 19.6. The molecule has 0 saturated heterocycles. The fourth-order valence-electron chi connectivity index (χ4n) is 3.51. The summed E-state index contributed by atoms with van der Waals surface area (Å²) in [6.07, 6.45) is 0.660. The average molecular weight is 377 g/mol. The molecule has 1 aliphatic heterocycles. The van der Waals surface area contributed by atoms with Crippen LogP contribution in [0.3, 0.4) is 0 Å². The fourth-order valence-corrected chi connectivity index (χ4v) is 3.51. The first-order chi connectivity index (χ1) is 13.6. The second kappa shape index (κ2) is 8.40. The summed E-state index contributed by atoms with van der Waals surface area (Å²) in [6.45, 7) is 8.86. The molecule has 2 aromatic carbocycles. The van der Waals surface area contributed by atoms with Gasteiger partial charge in [0.1, 0.15) is 0 Å². The smallest absolute Gasteiger partial charge is 0.258 e. The second-order valence-electron chi connectivity index (χ2n) is 6.58. The van der Waals surface area contributed by atoms with E-state index in [1.165, 1.54) is 0 Å². The number of carbonyl (C=O) groups is 1. The number of aromatic nitrogens is 1. The van der Waals surface area contributed by atoms with Gasteiger partial charge in [0.05, 0.1) is 11.4 Å². The molecule has 1 amide bonds. The van der Waals surface area contributed by atoms with Crippen LogP contribution in [0.2, 0.25) is 0 Å². The Hall–Kier alpha value is -2.92. The molecule has 2 N–H and O–H groups in total. The van der Waals surface area contributed by atoms with Crippen molar-refractivity contribution in [2.75, 3.05) is 11.4 Å². The highest BCUT2D eigenvalue weighted by atomic mass is 16.4. The van der Waals surface area contributed by atoms with Crippen LogP contribution in [0.1, 0.15) is 46.9 Å². The zero-order valence-corrected chi connectivity index (χ0v) is 17.0. The van der Waals surface area contributed by atoms with Crippen molar-refractivity contribution in [2.24, 2.45) is 5.73 Å². The van der Waals surface area contributed by atoms with E-state index in [0.29, 0.717) is 31.0 Å². The lowest BCUT2D eigenvalue weighted by molar-refractivity contribution is 0.0987. The van der Waals surface area contributed by atoms with E-state index in [0.717, 1.165) is 33.8 Å². The summed E-state index contributed by atoms with van der Waals surface area (Å²) in [5.74, 6) is 1.40. The summed E-state index contributed by atoms with van der Waals surface area (Å²) in [7, 11) is 0. The highest BCUT2D eigenvalue weighted by Crippen LogP contribution is 2.37. The van der Waals surface area contributed by atoms with Gasteiger partial charge in [-0.1, -0.05) is 32.0 Å². The van der Waals surface area contributed by atoms with Gasteiger partial charge in [0.15, 0.2) is 11.7 Å². The number of rotatable bonds is 2. The molecule has 0 unspecified atom stereocenters. The molecule has 0 fully saturated rings. The van der Waals surface area contributed by atoms with Crippen LogP contribution < -0.4 is 10.6 Å². The van der Waals surface area contributed by atoms with E-state index in [1.807, 2.05) is 75.1 Å². The van der Waals surface area contributed by atoms with Crippen molar-refractivity contribution >= 4 is 11.6 Å². The fraction of sp³-hybridized carbons (Fsp3) is 0.304. The molecule has 0 aliphatic carbocycles. The number of amides is 1. The number of fused-ring (bicyclic) bond motifs is 3. The molecule has 0 radical (unpaired) electrons. The summed E-state index contributed by atoms with van der Waals surface area (Å²) in [6, 6.07) is 13.5. The lowest BCUT2D eigenvalue weighted by Gasteiger charge is -2.23. The number of nitrogens with two attached hydrogens (primary N) is 1. The van der Waals surface area contributed by atoms with Gasteiger partial charge in [0.2, 0.25) is 0 Å². The molecule has 4 rings (SSSR count). The summed E-state index contributed by atoms with van der Waals surface area (Å²) >= 11 is 0. The molecule has 28 heavy (non-hydrogen) atoms. The van der Waals surface area contributed by atoms with Gasteiger partial charge < -0.3 is 15.1 Å². The standard InChI is InChI=1S/C21H21N3O2.C2H6/c1-13-11-15(7-8-16(13)12-22)21(25)24-10-9-18-20(26-14(2)23-18)17-5-3-4-6-19(17)24;1-2/h3-8,11H,9-10,12,22H2,1-2H3;1-2H3. The molecular formula is C23H27N3O2. The van der Waals surface area contributed by atoms with Crippen molar-refractivity contribution in [2.45, 2.75) is 40.7 Å². The number of oxazole rings is 1. The first-order valence-electron chi connectivity index (χ1n) is 9.75. The minimum Gasteiger partial charge on any atom is -0.441 e. The highest BCUT2D eigenvalue weighted by Gasteiger charge is 2.28. The van der Waals surface area contributed by atoms with Crippen LogP contribution in [0.25, 0.3) is 11.3 Å². The van der Waals surface area contributed by atoms with Crippen LogP contribution in [0.15, 0.2) is 46.9 Å². The van der Waals surface area contributed by atoms with Gasteiger partial charge in [-0.05, 0) is 42.3 Å². The Balaban J connectivity index is 0.00000109. The van der Waals surface area contributed by atoms with E-state index in [2.05, 4.69) is 4.98 Å². The van der Waals surface area contributed by atoms with Crippen LogP contribution in [0.5, 0.6) is 0 Å². The second-order valence-corrected chi connectivity index (χ2v) is 6.58. The van der Waals surface area contributed by atoms with Gasteiger partial charge >= 0.3 is 0 Å². The van der Waals surface area contributed by atoms with Crippen molar-refractivity contribution in [1.29, 1.82) is 0 Å². The lowest BCUT2D eigenvalue weighted by Crippen LogP contribution is -2.32. The summed E-state index contributed by atoms with van der Waals surface area (Å²) in [5.41, 5.74) is 11.2. The zero-order chi connectivity index (χ0) is 20.3. The van der Waals surface area contributed by atoms with Gasteiger partial charge in [-0.15, -0.1) is 0 Å². The molecule has 0 saturated carbocycles. The van der Waals surface area contributed by atoms with Gasteiger partial charge in [-0.3, -0.25) is 4.79 Å². The average Bonchev–Trinajstić information content (AvgIpc) is 3.03. The molecule has 0 spiro atoms. The summed E-state index contributed by atoms with van der Waals surface area (Å²) in [5, 5.41) is 0. The van der Waals surface area contributed by atoms with Gasteiger partial charge in [0.25, 0.3) is 5.91 Å². The molecule has 0 atom stereocenters. The van der Waals surface area contributed by atoms with Crippen LogP contribution in [-0.4, -0.2) is 17.4 Å². The molecular weight excluding hydrogens is 350 g/mol. The Morgan fingerprint density at radius 3 is 2.64 bits per heavy atom. The number of anilines is 1. The van der Waals surface area contributed by atoms with Gasteiger partial charge in [-0.2, -0.15) is 0 Å². The number of benzene rings is 2. The summed E-state index contributed by atoms with van der Waals surface area (Å²) < 4.78 is 5.83. The van der Waals surface area contributed by atoms with E-state index in [-0.39, 0.29) is 5.91 Å². The minimum absolute atomic E-state index is 0.0222. The SMILES string of the molecule is CC.Cc1nc2c(o1)-c1ccccc1N(C(=O)c1ccc(CN)c(C)c1)CC2. The predicted molar refractivity (Wildman–Crippen MR) is 112 cm³/mol. The topological polar surface area (TPSA) is 72.4 Å². The Bertz CT molecular complexity index is 991. The van der Waals surface area contributed by atoms with Crippen molar-refractivity contribution in [1.82, 2.24) is 4.98 Å². The molecule has 5 heteroatoms. The molecule has 2 heterocycles. The van der Waals surface area contributed by atoms with Gasteiger partial charge in [-0.25, -0.2) is 4.98 Å². The Labute approximate surface area is 166 Å². The third-order valence-corrected chi connectivity index (χ3v) is 4.87. The number of hydrogen-bond donors (Lipinski definition) is 1. The van der Waals surface area contributed by atoms with E-state index in [1.54, 1.807) is 0 Å². The quantitative estimate of drug-likeness (QED) is 0.706. The van der Waals surface area contributed by atoms with Gasteiger partial charge in [0, 0.05) is 37.6 Å². The van der Waals surface area contributed by atoms with E-state index < -0.39 is 0 Å². The van der Waals surface area contributed by atoms with E-state index in [4.69, 9.17) is 10.2 Å². The molecule has 146 valence electrons. The minimum atomic E-state index is -0.0222. The van der Waals surface area contributed by atoms with Crippen molar-refractivity contribution < 1.29 is 9.21 Å². The van der Waals surface area contributed by atoms with Crippen molar-refractivity contribution in [3.05, 3.63) is 70.7 Å². The van der Waals surface area contributed by atoms with Crippen LogP contribution in [0.4, 0.5) is 5.69 Å².